The van der Waals surface area contributed by atoms with E-state index < -0.39 is 5.97 Å². The number of rotatable bonds is 8. The summed E-state index contributed by atoms with van der Waals surface area (Å²) in [6.07, 6.45) is 8.38. The molecular weight excluding hydrogens is 316 g/mol. The summed E-state index contributed by atoms with van der Waals surface area (Å²) < 4.78 is 0. The van der Waals surface area contributed by atoms with Gasteiger partial charge in [0.1, 0.15) is 5.82 Å². The van der Waals surface area contributed by atoms with Gasteiger partial charge in [-0.3, -0.25) is 9.69 Å². The molecule has 0 unspecified atom stereocenters. The number of aliphatic carboxylic acids is 1. The van der Waals surface area contributed by atoms with Gasteiger partial charge in [-0.1, -0.05) is 20.8 Å². The van der Waals surface area contributed by atoms with Crippen LogP contribution in [-0.4, -0.2) is 51.1 Å². The van der Waals surface area contributed by atoms with Crippen LogP contribution in [0.3, 0.4) is 0 Å². The number of carboxylic acids is 1. The molecule has 2 fully saturated rings. The van der Waals surface area contributed by atoms with Crippen molar-refractivity contribution in [2.75, 3.05) is 13.1 Å². The van der Waals surface area contributed by atoms with E-state index in [0.29, 0.717) is 12.1 Å². The Kier molecular flexibility index (Phi) is 5.39. The van der Waals surface area contributed by atoms with E-state index >= 15 is 0 Å². The third-order valence-corrected chi connectivity index (χ3v) is 5.13. The smallest absolute Gasteiger partial charge is 0.317 e. The van der Waals surface area contributed by atoms with Crippen molar-refractivity contribution in [3.05, 3.63) is 23.8 Å². The van der Waals surface area contributed by atoms with E-state index in [4.69, 9.17) is 5.11 Å². The molecule has 0 aliphatic heterocycles. The van der Waals surface area contributed by atoms with E-state index in [1.165, 1.54) is 12.8 Å². The van der Waals surface area contributed by atoms with Crippen LogP contribution < -0.4 is 5.32 Å². The van der Waals surface area contributed by atoms with Crippen LogP contribution in [0.25, 0.3) is 0 Å². The highest BCUT2D eigenvalue weighted by atomic mass is 16.4. The molecule has 6 nitrogen and oxygen atoms in total. The topological polar surface area (TPSA) is 78.4 Å². The van der Waals surface area contributed by atoms with Gasteiger partial charge in [-0.2, -0.15) is 0 Å². The van der Waals surface area contributed by atoms with Gasteiger partial charge in [0.05, 0.1) is 6.54 Å². The van der Waals surface area contributed by atoms with E-state index in [1.54, 1.807) is 0 Å². The number of carbonyl (C=O) groups is 1. The summed E-state index contributed by atoms with van der Waals surface area (Å²) in [5.74, 6) is 0.877. The Bertz CT molecular complexity index is 586. The molecule has 2 aliphatic carbocycles. The lowest BCUT2D eigenvalue weighted by atomic mass is 9.85. The van der Waals surface area contributed by atoms with Crippen LogP contribution in [0.15, 0.2) is 12.4 Å². The molecule has 1 aromatic rings. The summed E-state index contributed by atoms with van der Waals surface area (Å²) in [6, 6.07) is 0.872. The van der Waals surface area contributed by atoms with Crippen LogP contribution in [0, 0.1) is 5.92 Å². The van der Waals surface area contributed by atoms with E-state index in [2.05, 4.69) is 41.0 Å². The van der Waals surface area contributed by atoms with Gasteiger partial charge in [0.25, 0.3) is 0 Å². The molecule has 1 heterocycles. The van der Waals surface area contributed by atoms with Crippen molar-refractivity contribution in [2.24, 2.45) is 5.92 Å². The fraction of sp³-hybridized carbons (Fsp3) is 0.737. The van der Waals surface area contributed by atoms with Crippen molar-refractivity contribution in [1.82, 2.24) is 20.2 Å². The lowest BCUT2D eigenvalue weighted by Crippen LogP contribution is -2.54. The van der Waals surface area contributed by atoms with Gasteiger partial charge >= 0.3 is 5.97 Å². The molecule has 0 atom stereocenters. The average molecular weight is 346 g/mol. The second-order valence-corrected chi connectivity index (χ2v) is 8.63. The first kappa shape index (κ1) is 18.3. The molecule has 1 aromatic heterocycles. The summed E-state index contributed by atoms with van der Waals surface area (Å²) >= 11 is 0. The second-order valence-electron chi connectivity index (χ2n) is 8.63. The van der Waals surface area contributed by atoms with Crippen molar-refractivity contribution in [3.63, 3.8) is 0 Å². The highest BCUT2D eigenvalue weighted by Crippen LogP contribution is 2.33. The highest BCUT2D eigenvalue weighted by molar-refractivity contribution is 5.69. The molecule has 25 heavy (non-hydrogen) atoms. The summed E-state index contributed by atoms with van der Waals surface area (Å²) in [5.41, 5.74) is 1.07. The molecule has 0 spiro atoms. The minimum absolute atomic E-state index is 0.0255. The Labute approximate surface area is 150 Å². The molecule has 0 saturated heterocycles. The first-order valence-electron chi connectivity index (χ1n) is 9.32. The van der Waals surface area contributed by atoms with Crippen LogP contribution in [0.1, 0.15) is 57.8 Å². The molecule has 0 bridgehead atoms. The van der Waals surface area contributed by atoms with Crippen LogP contribution in [0.5, 0.6) is 0 Å². The fourth-order valence-corrected chi connectivity index (χ4v) is 3.30. The van der Waals surface area contributed by atoms with Crippen LogP contribution in [-0.2, 0) is 16.8 Å². The van der Waals surface area contributed by atoms with E-state index in [1.807, 2.05) is 12.4 Å². The molecule has 2 saturated carbocycles. The minimum atomic E-state index is -0.715. The van der Waals surface area contributed by atoms with Gasteiger partial charge in [0, 0.05) is 48.5 Å². The van der Waals surface area contributed by atoms with Gasteiger partial charge in [0.2, 0.25) is 0 Å². The zero-order chi connectivity index (χ0) is 18.0. The highest BCUT2D eigenvalue weighted by Gasteiger charge is 2.36. The summed E-state index contributed by atoms with van der Waals surface area (Å²) in [5, 5.41) is 12.7. The molecule has 0 amide bonds. The largest absolute Gasteiger partial charge is 0.480 e. The number of nitrogens with zero attached hydrogens (tertiary/aromatic N) is 3. The Balaban J connectivity index is 1.42. The number of hydrogen-bond acceptors (Lipinski definition) is 5. The van der Waals surface area contributed by atoms with Gasteiger partial charge < -0.3 is 10.4 Å². The monoisotopic (exact) mass is 346 g/mol. The molecule has 0 radical (unpaired) electrons. The predicted octanol–water partition coefficient (Wildman–Crippen LogP) is 2.19. The first-order valence-corrected chi connectivity index (χ1v) is 9.32. The molecular formula is C19H30N4O2. The Morgan fingerprint density at radius 1 is 1.28 bits per heavy atom. The molecule has 2 aliphatic rings. The molecule has 138 valence electrons. The molecule has 2 N–H and O–H groups in total. The van der Waals surface area contributed by atoms with Gasteiger partial charge in [0.15, 0.2) is 0 Å². The number of hydrogen-bond donors (Lipinski definition) is 2. The maximum atomic E-state index is 11.1. The van der Waals surface area contributed by atoms with E-state index in [0.717, 1.165) is 43.2 Å². The van der Waals surface area contributed by atoms with Crippen molar-refractivity contribution in [3.8, 4) is 0 Å². The SMILES string of the molecule is CC(C)(C)c1ncc(CNC2CC(N(CC(=O)O)CC3CC3)C2)cn1. The maximum absolute atomic E-state index is 11.1. The normalized spacial score (nSPS) is 23.5. The van der Waals surface area contributed by atoms with Gasteiger partial charge in [-0.15, -0.1) is 0 Å². The zero-order valence-corrected chi connectivity index (χ0v) is 15.5. The standard InChI is InChI=1S/C19H30N4O2/c1-19(2,3)18-21-9-14(10-22-18)8-20-15-6-16(7-15)23(12-17(24)25)11-13-4-5-13/h9-10,13,15-16,20H,4-8,11-12H2,1-3H3,(H,24,25). The predicted molar refractivity (Wildman–Crippen MR) is 96.3 cm³/mol. The van der Waals surface area contributed by atoms with Gasteiger partial charge in [-0.25, -0.2) is 9.97 Å². The summed E-state index contributed by atoms with van der Waals surface area (Å²) in [6.45, 7) is 8.23. The molecule has 6 heteroatoms. The fourth-order valence-electron chi connectivity index (χ4n) is 3.30. The minimum Gasteiger partial charge on any atom is -0.480 e. The average Bonchev–Trinajstić information content (AvgIpc) is 3.28. The van der Waals surface area contributed by atoms with Gasteiger partial charge in [-0.05, 0) is 31.6 Å². The quantitative estimate of drug-likeness (QED) is 0.751. The second kappa shape index (κ2) is 7.38. The number of aromatic nitrogens is 2. The third-order valence-electron chi connectivity index (χ3n) is 5.13. The summed E-state index contributed by atoms with van der Waals surface area (Å²) in [4.78, 5) is 22.2. The number of carboxylic acid groups (broad SMARTS) is 1. The Morgan fingerprint density at radius 2 is 1.92 bits per heavy atom. The lowest BCUT2D eigenvalue weighted by molar-refractivity contribution is -0.139. The van der Waals surface area contributed by atoms with E-state index in [-0.39, 0.29) is 12.0 Å². The van der Waals surface area contributed by atoms with Crippen LogP contribution >= 0.6 is 0 Å². The third kappa shape index (κ3) is 5.22. The van der Waals surface area contributed by atoms with Crippen molar-refractivity contribution in [2.45, 2.75) is 70.5 Å². The molecule has 3 rings (SSSR count). The Hall–Kier alpha value is -1.53. The van der Waals surface area contributed by atoms with E-state index in [9.17, 15) is 4.79 Å². The Morgan fingerprint density at radius 3 is 2.44 bits per heavy atom. The van der Waals surface area contributed by atoms with Crippen molar-refractivity contribution >= 4 is 5.97 Å². The maximum Gasteiger partial charge on any atom is 0.317 e. The molecule has 0 aromatic carbocycles. The number of nitrogens with one attached hydrogen (secondary N) is 1. The first-order chi connectivity index (χ1) is 11.8. The van der Waals surface area contributed by atoms with Crippen molar-refractivity contribution in [1.29, 1.82) is 0 Å². The lowest BCUT2D eigenvalue weighted by Gasteiger charge is -2.43. The van der Waals surface area contributed by atoms with Crippen molar-refractivity contribution < 1.29 is 9.90 Å². The van der Waals surface area contributed by atoms with Crippen LogP contribution in [0.4, 0.5) is 0 Å². The van der Waals surface area contributed by atoms with Crippen LogP contribution in [0.2, 0.25) is 0 Å². The zero-order valence-electron chi connectivity index (χ0n) is 15.5. The summed E-state index contributed by atoms with van der Waals surface area (Å²) in [7, 11) is 0.